The summed E-state index contributed by atoms with van der Waals surface area (Å²) in [7, 11) is 6.55. The fourth-order valence-electron chi connectivity index (χ4n) is 4.52. The van der Waals surface area contributed by atoms with Crippen LogP contribution in [0.25, 0.3) is 24.3 Å². The Balaban J connectivity index is 1.24. The lowest BCUT2D eigenvalue weighted by molar-refractivity contribution is 0.284. The molecule has 0 bridgehead atoms. The Morgan fingerprint density at radius 3 is 1.28 bits per heavy atom. The van der Waals surface area contributed by atoms with Gasteiger partial charge in [-0.25, -0.2) is 9.97 Å². The molecule has 4 aromatic carbocycles. The predicted molar refractivity (Wildman–Crippen MR) is 181 cm³/mol. The molecule has 0 radical (unpaired) electrons. The topological polar surface area (TPSA) is 81.2 Å². The Morgan fingerprint density at radius 2 is 0.891 bits per heavy atom. The van der Waals surface area contributed by atoms with Crippen molar-refractivity contribution in [3.8, 4) is 34.5 Å². The molecule has 0 fully saturated rings. The molecule has 0 amide bonds. The summed E-state index contributed by atoms with van der Waals surface area (Å²) in [5.74, 6) is 4.23. The van der Waals surface area contributed by atoms with Gasteiger partial charge in [0, 0.05) is 0 Å². The molecule has 8 nitrogen and oxygen atoms in total. The van der Waals surface area contributed by atoms with Gasteiger partial charge in [-0.15, -0.1) is 0 Å². The van der Waals surface area contributed by atoms with Crippen molar-refractivity contribution in [3.63, 3.8) is 0 Å². The van der Waals surface area contributed by atoms with E-state index in [4.69, 9.17) is 28.4 Å². The van der Waals surface area contributed by atoms with Crippen LogP contribution >= 0.6 is 0 Å². The van der Waals surface area contributed by atoms with Crippen LogP contribution in [0.5, 0.6) is 34.5 Å². The van der Waals surface area contributed by atoms with Crippen LogP contribution in [0, 0.1) is 0 Å². The van der Waals surface area contributed by atoms with Gasteiger partial charge in [-0.05, 0) is 89.0 Å². The third kappa shape index (κ3) is 8.66. The number of hydrogen-bond acceptors (Lipinski definition) is 8. The van der Waals surface area contributed by atoms with E-state index >= 15 is 0 Å². The summed E-state index contributed by atoms with van der Waals surface area (Å²) in [6, 6.07) is 29.1. The smallest absolute Gasteiger partial charge is 0.162 e. The van der Waals surface area contributed by atoms with Crippen LogP contribution < -0.4 is 28.4 Å². The minimum atomic E-state index is 0.402. The minimum absolute atomic E-state index is 0.402. The largest absolute Gasteiger partial charge is 0.497 e. The van der Waals surface area contributed by atoms with Crippen molar-refractivity contribution in [2.45, 2.75) is 13.2 Å². The van der Waals surface area contributed by atoms with Crippen molar-refractivity contribution in [2.75, 3.05) is 28.4 Å². The molecule has 1 heterocycles. The van der Waals surface area contributed by atoms with Gasteiger partial charge in [0.1, 0.15) is 31.0 Å². The average Bonchev–Trinajstić information content (AvgIpc) is 3.12. The summed E-state index contributed by atoms with van der Waals surface area (Å²) in [6.07, 6.45) is 9.38. The number of benzene rings is 4. The van der Waals surface area contributed by atoms with E-state index in [1.807, 2.05) is 115 Å². The van der Waals surface area contributed by atoms with Gasteiger partial charge in [0.05, 0.1) is 39.8 Å². The Morgan fingerprint density at radius 1 is 0.457 bits per heavy atom. The molecular weight excluding hydrogens is 580 g/mol. The van der Waals surface area contributed by atoms with E-state index < -0.39 is 0 Å². The molecule has 0 spiro atoms. The molecular formula is C38H36N2O6. The highest BCUT2D eigenvalue weighted by molar-refractivity contribution is 5.73. The third-order valence-corrected chi connectivity index (χ3v) is 7.08. The van der Waals surface area contributed by atoms with Crippen LogP contribution in [0.15, 0.2) is 97.3 Å². The first kappa shape index (κ1) is 31.7. The van der Waals surface area contributed by atoms with Gasteiger partial charge >= 0.3 is 0 Å². The van der Waals surface area contributed by atoms with Crippen molar-refractivity contribution in [2.24, 2.45) is 0 Å². The van der Waals surface area contributed by atoms with Gasteiger partial charge < -0.3 is 28.4 Å². The number of ether oxygens (including phenoxy) is 6. The van der Waals surface area contributed by atoms with E-state index in [0.29, 0.717) is 36.2 Å². The second kappa shape index (κ2) is 15.8. The van der Waals surface area contributed by atoms with Crippen LogP contribution in [0.4, 0.5) is 0 Å². The zero-order valence-corrected chi connectivity index (χ0v) is 26.3. The van der Waals surface area contributed by atoms with E-state index in [1.165, 1.54) is 0 Å². The highest BCUT2D eigenvalue weighted by Crippen LogP contribution is 2.31. The van der Waals surface area contributed by atoms with E-state index in [-0.39, 0.29) is 0 Å². The predicted octanol–water partition coefficient (Wildman–Crippen LogP) is 8.01. The summed E-state index contributed by atoms with van der Waals surface area (Å²) in [5.41, 5.74) is 5.48. The standard InChI is InChI=1S/C38H36N2O6/c1-41-33-15-7-29(8-16-33)24-45-37-21-27(11-19-35(37)43-3)5-13-31-23-32(40-26-39-31)14-6-28-12-20-36(44-4)38(22-28)46-25-30-9-17-34(42-2)18-10-30/h5-23,26H,24-25H2,1-4H3/b13-5+,14-6+. The number of methoxy groups -OCH3 is 4. The second-order valence-corrected chi connectivity index (χ2v) is 10.1. The van der Waals surface area contributed by atoms with Crippen LogP contribution in [0.1, 0.15) is 33.6 Å². The first-order chi connectivity index (χ1) is 22.6. The molecule has 0 aliphatic heterocycles. The van der Waals surface area contributed by atoms with Crippen molar-refractivity contribution in [3.05, 3.63) is 131 Å². The SMILES string of the molecule is COc1ccc(COc2cc(/C=C/c3cc(/C=C/c4ccc(OC)c(OCc5ccc(OC)cc5)c4)ncn3)ccc2OC)cc1. The molecule has 0 aliphatic rings. The van der Waals surface area contributed by atoms with Crippen LogP contribution in [0.3, 0.4) is 0 Å². The molecule has 0 N–H and O–H groups in total. The Bertz CT molecular complexity index is 1650. The molecule has 0 saturated carbocycles. The van der Waals surface area contributed by atoms with Crippen LogP contribution in [-0.4, -0.2) is 38.4 Å². The fraction of sp³-hybridized carbons (Fsp3) is 0.158. The van der Waals surface area contributed by atoms with E-state index in [9.17, 15) is 0 Å². The zero-order chi connectivity index (χ0) is 32.1. The molecule has 5 aromatic rings. The normalized spacial score (nSPS) is 11.0. The maximum atomic E-state index is 6.09. The minimum Gasteiger partial charge on any atom is -0.497 e. The zero-order valence-electron chi connectivity index (χ0n) is 26.3. The second-order valence-electron chi connectivity index (χ2n) is 10.1. The Kier molecular flexibility index (Phi) is 10.9. The molecule has 0 saturated heterocycles. The molecule has 0 atom stereocenters. The molecule has 0 unspecified atom stereocenters. The van der Waals surface area contributed by atoms with Gasteiger partial charge in [0.2, 0.25) is 0 Å². The van der Waals surface area contributed by atoms with Crippen LogP contribution in [-0.2, 0) is 13.2 Å². The molecule has 8 heteroatoms. The highest BCUT2D eigenvalue weighted by atomic mass is 16.5. The van der Waals surface area contributed by atoms with Gasteiger partial charge in [0.15, 0.2) is 23.0 Å². The fourth-order valence-corrected chi connectivity index (χ4v) is 4.52. The lowest BCUT2D eigenvalue weighted by Gasteiger charge is -2.12. The van der Waals surface area contributed by atoms with E-state index in [0.717, 1.165) is 45.1 Å². The summed E-state index contributed by atoms with van der Waals surface area (Å²) in [6.45, 7) is 0.805. The van der Waals surface area contributed by atoms with Crippen LogP contribution in [0.2, 0.25) is 0 Å². The molecule has 0 aliphatic carbocycles. The summed E-state index contributed by atoms with van der Waals surface area (Å²) in [5, 5.41) is 0. The summed E-state index contributed by atoms with van der Waals surface area (Å²) < 4.78 is 33.7. The number of hydrogen-bond donors (Lipinski definition) is 0. The first-order valence-corrected chi connectivity index (χ1v) is 14.6. The first-order valence-electron chi connectivity index (χ1n) is 14.6. The van der Waals surface area contributed by atoms with Crippen molar-refractivity contribution in [1.29, 1.82) is 0 Å². The monoisotopic (exact) mass is 616 g/mol. The number of aromatic nitrogens is 2. The number of nitrogens with zero attached hydrogens (tertiary/aromatic N) is 2. The quantitative estimate of drug-likeness (QED) is 0.124. The molecule has 46 heavy (non-hydrogen) atoms. The van der Waals surface area contributed by atoms with Gasteiger partial charge in [-0.3, -0.25) is 0 Å². The molecule has 234 valence electrons. The number of rotatable bonds is 14. The summed E-state index contributed by atoms with van der Waals surface area (Å²) >= 11 is 0. The average molecular weight is 617 g/mol. The van der Waals surface area contributed by atoms with Gasteiger partial charge in [-0.2, -0.15) is 0 Å². The van der Waals surface area contributed by atoms with E-state index in [2.05, 4.69) is 9.97 Å². The maximum Gasteiger partial charge on any atom is 0.162 e. The third-order valence-electron chi connectivity index (χ3n) is 7.08. The molecule has 5 rings (SSSR count). The lowest BCUT2D eigenvalue weighted by Crippen LogP contribution is -1.98. The Hall–Kier alpha value is -5.76. The van der Waals surface area contributed by atoms with E-state index in [1.54, 1.807) is 34.8 Å². The van der Waals surface area contributed by atoms with Crippen molar-refractivity contribution < 1.29 is 28.4 Å². The summed E-state index contributed by atoms with van der Waals surface area (Å²) in [4.78, 5) is 8.83. The van der Waals surface area contributed by atoms with Gasteiger partial charge in [0.25, 0.3) is 0 Å². The lowest BCUT2D eigenvalue weighted by atomic mass is 10.1. The van der Waals surface area contributed by atoms with Crippen molar-refractivity contribution in [1.82, 2.24) is 9.97 Å². The Labute approximate surface area is 269 Å². The highest BCUT2D eigenvalue weighted by Gasteiger charge is 2.08. The molecule has 1 aromatic heterocycles. The maximum absolute atomic E-state index is 6.09. The van der Waals surface area contributed by atoms with Gasteiger partial charge in [-0.1, -0.05) is 48.6 Å². The van der Waals surface area contributed by atoms with Crippen molar-refractivity contribution >= 4 is 24.3 Å².